The Morgan fingerprint density at radius 1 is 1.06 bits per heavy atom. The van der Waals surface area contributed by atoms with Gasteiger partial charge in [-0.05, 0) is 27.2 Å². The van der Waals surface area contributed by atoms with Gasteiger partial charge in [0.05, 0.1) is 0 Å². The summed E-state index contributed by atoms with van der Waals surface area (Å²) in [6.45, 7) is 6.00. The predicted octanol–water partition coefficient (Wildman–Crippen LogP) is 1.95. The smallest absolute Gasteiger partial charge is 0.333 e. The Morgan fingerprint density at radius 2 is 1.56 bits per heavy atom. The fourth-order valence-corrected chi connectivity index (χ4v) is 0.965. The molecule has 0 heterocycles. The largest absolute Gasteiger partial charge is 0.479 e. The third-order valence-corrected chi connectivity index (χ3v) is 2.24. The first kappa shape index (κ1) is 14.5. The molecule has 0 aliphatic heterocycles. The van der Waals surface area contributed by atoms with Crippen molar-refractivity contribution in [3.05, 3.63) is 0 Å². The van der Waals surface area contributed by atoms with E-state index in [2.05, 4.69) is 10.2 Å². The van der Waals surface area contributed by atoms with Crippen molar-refractivity contribution in [3.63, 3.8) is 0 Å². The van der Waals surface area contributed by atoms with Gasteiger partial charge in [-0.1, -0.05) is 13.3 Å². The number of nitrogens with zero attached hydrogens (tertiary/aromatic N) is 2. The molecule has 1 unspecified atom stereocenters. The molecule has 92 valence electrons. The Bertz CT molecular complexity index is 312. The fraction of sp³-hybridized carbons (Fsp3) is 0.800. The van der Waals surface area contributed by atoms with E-state index in [4.69, 9.17) is 10.2 Å². The van der Waals surface area contributed by atoms with Crippen LogP contribution in [-0.4, -0.2) is 33.2 Å². The zero-order valence-corrected chi connectivity index (χ0v) is 10.0. The molecule has 0 spiro atoms. The van der Waals surface area contributed by atoms with Crippen LogP contribution in [0.5, 0.6) is 0 Å². The third-order valence-electron chi connectivity index (χ3n) is 2.24. The van der Waals surface area contributed by atoms with Crippen molar-refractivity contribution in [2.24, 2.45) is 10.2 Å². The number of carboxylic acids is 2. The zero-order chi connectivity index (χ0) is 13.0. The van der Waals surface area contributed by atoms with Gasteiger partial charge in [-0.2, -0.15) is 10.2 Å². The summed E-state index contributed by atoms with van der Waals surface area (Å²) >= 11 is 0. The molecule has 0 fully saturated rings. The van der Waals surface area contributed by atoms with E-state index < -0.39 is 23.0 Å². The molecule has 0 radical (unpaired) electrons. The van der Waals surface area contributed by atoms with Crippen molar-refractivity contribution in [2.75, 3.05) is 0 Å². The van der Waals surface area contributed by atoms with Gasteiger partial charge in [0.15, 0.2) is 11.1 Å². The third kappa shape index (κ3) is 3.60. The predicted molar refractivity (Wildman–Crippen MR) is 57.5 cm³/mol. The summed E-state index contributed by atoms with van der Waals surface area (Å²) in [6, 6.07) is 0. The second kappa shape index (κ2) is 5.05. The van der Waals surface area contributed by atoms with Crippen molar-refractivity contribution in [1.82, 2.24) is 0 Å². The van der Waals surface area contributed by atoms with Crippen LogP contribution in [0.4, 0.5) is 0 Å². The van der Waals surface area contributed by atoms with Crippen LogP contribution in [-0.2, 0) is 9.59 Å². The summed E-state index contributed by atoms with van der Waals surface area (Å²) in [6.07, 6.45) is 0.955. The van der Waals surface area contributed by atoms with Crippen LogP contribution in [0.2, 0.25) is 0 Å². The minimum atomic E-state index is -1.40. The number of hydrogen-bond donors (Lipinski definition) is 2. The highest BCUT2D eigenvalue weighted by Gasteiger charge is 2.34. The minimum Gasteiger partial charge on any atom is -0.479 e. The van der Waals surface area contributed by atoms with Gasteiger partial charge in [-0.25, -0.2) is 9.59 Å². The number of rotatable bonds is 6. The quantitative estimate of drug-likeness (QED) is 0.681. The lowest BCUT2D eigenvalue weighted by molar-refractivity contribution is -0.145. The van der Waals surface area contributed by atoms with E-state index in [1.54, 1.807) is 0 Å². The highest BCUT2D eigenvalue weighted by atomic mass is 16.4. The van der Waals surface area contributed by atoms with E-state index in [0.29, 0.717) is 12.8 Å². The summed E-state index contributed by atoms with van der Waals surface area (Å²) in [5.41, 5.74) is -2.74. The van der Waals surface area contributed by atoms with Crippen molar-refractivity contribution in [1.29, 1.82) is 0 Å². The van der Waals surface area contributed by atoms with Gasteiger partial charge in [0, 0.05) is 0 Å². The molecule has 0 aromatic rings. The molecule has 0 saturated heterocycles. The Morgan fingerprint density at radius 3 is 1.88 bits per heavy atom. The average molecular weight is 230 g/mol. The first-order valence-corrected chi connectivity index (χ1v) is 5.06. The Labute approximate surface area is 94.4 Å². The van der Waals surface area contributed by atoms with E-state index in [1.807, 2.05) is 6.92 Å². The van der Waals surface area contributed by atoms with E-state index in [0.717, 1.165) is 0 Å². The molecule has 6 heteroatoms. The van der Waals surface area contributed by atoms with E-state index in [9.17, 15) is 9.59 Å². The summed E-state index contributed by atoms with van der Waals surface area (Å²) in [5, 5.41) is 25.1. The number of aliphatic carboxylic acids is 2. The van der Waals surface area contributed by atoms with Gasteiger partial charge in [0.25, 0.3) is 0 Å². The van der Waals surface area contributed by atoms with E-state index >= 15 is 0 Å². The topological polar surface area (TPSA) is 99.3 Å². The first-order valence-electron chi connectivity index (χ1n) is 5.06. The first-order chi connectivity index (χ1) is 7.15. The van der Waals surface area contributed by atoms with Crippen LogP contribution in [0.15, 0.2) is 10.2 Å². The van der Waals surface area contributed by atoms with Crippen LogP contribution in [0, 0.1) is 0 Å². The van der Waals surface area contributed by atoms with Crippen LogP contribution in [0.3, 0.4) is 0 Å². The lowest BCUT2D eigenvalue weighted by Crippen LogP contribution is -2.35. The average Bonchev–Trinajstić information content (AvgIpc) is 2.15. The van der Waals surface area contributed by atoms with Gasteiger partial charge < -0.3 is 10.2 Å². The maximum absolute atomic E-state index is 11.0. The van der Waals surface area contributed by atoms with Gasteiger partial charge >= 0.3 is 11.9 Å². The maximum Gasteiger partial charge on any atom is 0.333 e. The summed E-state index contributed by atoms with van der Waals surface area (Å²) in [7, 11) is 0. The summed E-state index contributed by atoms with van der Waals surface area (Å²) in [5.74, 6) is -2.24. The van der Waals surface area contributed by atoms with Crippen molar-refractivity contribution >= 4 is 11.9 Å². The second-order valence-corrected chi connectivity index (χ2v) is 4.39. The van der Waals surface area contributed by atoms with Crippen LogP contribution in [0.25, 0.3) is 0 Å². The molecular weight excluding hydrogens is 212 g/mol. The number of carboxylic acid groups (broad SMARTS) is 2. The molecule has 0 amide bonds. The van der Waals surface area contributed by atoms with Gasteiger partial charge in [0.2, 0.25) is 0 Å². The molecule has 0 aromatic carbocycles. The molecule has 0 aromatic heterocycles. The molecule has 1 atom stereocenters. The lowest BCUT2D eigenvalue weighted by Gasteiger charge is -2.20. The standard InChI is InChI=1S/C10H18N2O4/c1-5-6-10(4,8(15)16)12-11-9(2,3)7(13)14/h5-6H2,1-4H3,(H,13,14)(H,15,16). The van der Waals surface area contributed by atoms with Crippen LogP contribution < -0.4 is 0 Å². The van der Waals surface area contributed by atoms with Gasteiger partial charge in [0.1, 0.15) is 0 Å². The maximum atomic E-state index is 11.0. The normalized spacial score (nSPS) is 16.0. The molecule has 0 bridgehead atoms. The van der Waals surface area contributed by atoms with Gasteiger partial charge in [-0.3, -0.25) is 0 Å². The molecule has 0 aliphatic rings. The van der Waals surface area contributed by atoms with E-state index in [1.165, 1.54) is 20.8 Å². The molecule has 0 aliphatic carbocycles. The van der Waals surface area contributed by atoms with Crippen LogP contribution >= 0.6 is 0 Å². The SMILES string of the molecule is CCCC(C)(N=NC(C)(C)C(=O)O)C(=O)O. The number of hydrogen-bond acceptors (Lipinski definition) is 4. The minimum absolute atomic E-state index is 0.321. The molecule has 0 saturated carbocycles. The lowest BCUT2D eigenvalue weighted by atomic mass is 9.98. The molecule has 0 rings (SSSR count). The van der Waals surface area contributed by atoms with Crippen LogP contribution in [0.1, 0.15) is 40.5 Å². The van der Waals surface area contributed by atoms with E-state index in [-0.39, 0.29) is 0 Å². The second-order valence-electron chi connectivity index (χ2n) is 4.39. The monoisotopic (exact) mass is 230 g/mol. The van der Waals surface area contributed by atoms with Crippen molar-refractivity contribution < 1.29 is 19.8 Å². The molecule has 16 heavy (non-hydrogen) atoms. The number of azo groups is 1. The fourth-order valence-electron chi connectivity index (χ4n) is 0.965. The Balaban J connectivity index is 4.97. The molecule has 6 nitrogen and oxygen atoms in total. The van der Waals surface area contributed by atoms with Crippen molar-refractivity contribution in [2.45, 2.75) is 51.6 Å². The Hall–Kier alpha value is -1.46. The van der Waals surface area contributed by atoms with Crippen molar-refractivity contribution in [3.8, 4) is 0 Å². The molecule has 2 N–H and O–H groups in total. The number of carbonyl (C=O) groups is 2. The zero-order valence-electron chi connectivity index (χ0n) is 10.0. The van der Waals surface area contributed by atoms with Gasteiger partial charge in [-0.15, -0.1) is 0 Å². The summed E-state index contributed by atoms with van der Waals surface area (Å²) < 4.78 is 0. The summed E-state index contributed by atoms with van der Waals surface area (Å²) in [4.78, 5) is 21.8. The Kier molecular flexibility index (Phi) is 4.59. The highest BCUT2D eigenvalue weighted by Crippen LogP contribution is 2.21. The molecular formula is C10H18N2O4. The highest BCUT2D eigenvalue weighted by molar-refractivity contribution is 5.79.